The van der Waals surface area contributed by atoms with E-state index in [0.717, 1.165) is 5.56 Å². The zero-order valence-corrected chi connectivity index (χ0v) is 11.8. The number of aryl methyl sites for hydroxylation is 1. The molecule has 0 amide bonds. The lowest BCUT2D eigenvalue weighted by Gasteiger charge is -2.22. The molecule has 0 unspecified atom stereocenters. The molecule has 1 rings (SSSR count). The molecule has 1 aromatic rings. The standard InChI is InChI=1S/C12H18ClNO2S/c1-3-14(17(15,16)10-4-9-13)12-7-5-11(2)6-8-12/h5-8H,3-4,9-10H2,1-2H3. The van der Waals surface area contributed by atoms with Crippen LogP contribution < -0.4 is 4.31 Å². The number of benzene rings is 1. The van der Waals surface area contributed by atoms with Crippen LogP contribution in [0.4, 0.5) is 5.69 Å². The molecule has 0 spiro atoms. The molecule has 3 nitrogen and oxygen atoms in total. The maximum Gasteiger partial charge on any atom is 0.235 e. The predicted molar refractivity (Wildman–Crippen MR) is 73.3 cm³/mol. The first-order chi connectivity index (χ1) is 8.01. The van der Waals surface area contributed by atoms with Crippen molar-refractivity contribution in [2.45, 2.75) is 20.3 Å². The maximum absolute atomic E-state index is 12.1. The average Bonchev–Trinajstić information content (AvgIpc) is 2.30. The minimum atomic E-state index is -3.25. The Bertz CT molecular complexity index is 442. The molecule has 0 bridgehead atoms. The van der Waals surface area contributed by atoms with Gasteiger partial charge in [0.1, 0.15) is 0 Å². The highest BCUT2D eigenvalue weighted by molar-refractivity contribution is 7.92. The molecule has 0 atom stereocenters. The highest BCUT2D eigenvalue weighted by atomic mass is 35.5. The van der Waals surface area contributed by atoms with Crippen LogP contribution >= 0.6 is 11.6 Å². The number of halogens is 1. The molecule has 0 heterocycles. The van der Waals surface area contributed by atoms with E-state index < -0.39 is 10.0 Å². The summed E-state index contributed by atoms with van der Waals surface area (Å²) >= 11 is 5.54. The highest BCUT2D eigenvalue weighted by Gasteiger charge is 2.19. The SMILES string of the molecule is CCN(c1ccc(C)cc1)S(=O)(=O)CCCCl. The van der Waals surface area contributed by atoms with Crippen molar-refractivity contribution in [3.8, 4) is 0 Å². The van der Waals surface area contributed by atoms with Gasteiger partial charge in [0, 0.05) is 12.4 Å². The van der Waals surface area contributed by atoms with Gasteiger partial charge in [-0.05, 0) is 32.4 Å². The zero-order valence-electron chi connectivity index (χ0n) is 10.2. The Morgan fingerprint density at radius 3 is 2.29 bits per heavy atom. The molecule has 0 aliphatic heterocycles. The fourth-order valence-electron chi connectivity index (χ4n) is 1.60. The Morgan fingerprint density at radius 2 is 1.82 bits per heavy atom. The van der Waals surface area contributed by atoms with Gasteiger partial charge >= 0.3 is 0 Å². The Kier molecular flexibility index (Phi) is 5.28. The van der Waals surface area contributed by atoms with Crippen molar-refractivity contribution in [3.05, 3.63) is 29.8 Å². The second kappa shape index (κ2) is 6.26. The van der Waals surface area contributed by atoms with E-state index >= 15 is 0 Å². The number of nitrogens with zero attached hydrogens (tertiary/aromatic N) is 1. The number of sulfonamides is 1. The molecule has 5 heteroatoms. The largest absolute Gasteiger partial charge is 0.271 e. The van der Waals surface area contributed by atoms with Gasteiger partial charge in [0.2, 0.25) is 10.0 Å². The molecular formula is C12H18ClNO2S. The molecule has 0 saturated carbocycles. The fraction of sp³-hybridized carbons (Fsp3) is 0.500. The van der Waals surface area contributed by atoms with Gasteiger partial charge in [-0.2, -0.15) is 0 Å². The molecule has 17 heavy (non-hydrogen) atoms. The van der Waals surface area contributed by atoms with Crippen LogP contribution in [0, 0.1) is 6.92 Å². The third-order valence-electron chi connectivity index (χ3n) is 2.48. The number of hydrogen-bond donors (Lipinski definition) is 0. The summed E-state index contributed by atoms with van der Waals surface area (Å²) in [6, 6.07) is 7.48. The molecular weight excluding hydrogens is 258 g/mol. The Morgan fingerprint density at radius 1 is 1.24 bits per heavy atom. The van der Waals surface area contributed by atoms with Crippen LogP contribution in [0.25, 0.3) is 0 Å². The van der Waals surface area contributed by atoms with Gasteiger partial charge in [0.25, 0.3) is 0 Å². The lowest BCUT2D eigenvalue weighted by atomic mass is 10.2. The lowest BCUT2D eigenvalue weighted by molar-refractivity contribution is 0.590. The number of rotatable bonds is 6. The number of anilines is 1. The van der Waals surface area contributed by atoms with Crippen molar-refractivity contribution in [1.29, 1.82) is 0 Å². The Labute approximate surface area is 108 Å². The summed E-state index contributed by atoms with van der Waals surface area (Å²) in [6.07, 6.45) is 0.478. The lowest BCUT2D eigenvalue weighted by Crippen LogP contribution is -2.32. The van der Waals surface area contributed by atoms with E-state index in [4.69, 9.17) is 11.6 Å². The number of hydrogen-bond acceptors (Lipinski definition) is 2. The highest BCUT2D eigenvalue weighted by Crippen LogP contribution is 2.19. The van der Waals surface area contributed by atoms with Gasteiger partial charge < -0.3 is 0 Å². The van der Waals surface area contributed by atoms with Crippen molar-refractivity contribution in [2.24, 2.45) is 0 Å². The summed E-state index contributed by atoms with van der Waals surface area (Å²) in [6.45, 7) is 4.24. The van der Waals surface area contributed by atoms with E-state index in [-0.39, 0.29) is 5.75 Å². The van der Waals surface area contributed by atoms with E-state index in [9.17, 15) is 8.42 Å². The van der Waals surface area contributed by atoms with Crippen LogP contribution in [-0.2, 0) is 10.0 Å². The van der Waals surface area contributed by atoms with E-state index in [0.29, 0.717) is 24.5 Å². The summed E-state index contributed by atoms with van der Waals surface area (Å²) in [5.41, 5.74) is 1.83. The van der Waals surface area contributed by atoms with Crippen molar-refractivity contribution >= 4 is 27.3 Å². The molecule has 0 saturated heterocycles. The Hall–Kier alpha value is -0.740. The van der Waals surface area contributed by atoms with Crippen LogP contribution in [0.2, 0.25) is 0 Å². The first kappa shape index (κ1) is 14.3. The first-order valence-electron chi connectivity index (χ1n) is 5.64. The monoisotopic (exact) mass is 275 g/mol. The normalized spacial score (nSPS) is 11.5. The second-order valence-corrected chi connectivity index (χ2v) is 6.25. The molecule has 96 valence electrons. The van der Waals surface area contributed by atoms with Crippen molar-refractivity contribution in [2.75, 3.05) is 22.5 Å². The Balaban J connectivity index is 2.95. The molecule has 0 N–H and O–H groups in total. The number of alkyl halides is 1. The fourth-order valence-corrected chi connectivity index (χ4v) is 3.46. The summed E-state index contributed by atoms with van der Waals surface area (Å²) < 4.78 is 25.6. The van der Waals surface area contributed by atoms with Crippen molar-refractivity contribution in [1.82, 2.24) is 0 Å². The molecule has 0 aliphatic rings. The topological polar surface area (TPSA) is 37.4 Å². The van der Waals surface area contributed by atoms with Gasteiger partial charge in [-0.25, -0.2) is 8.42 Å². The van der Waals surface area contributed by atoms with E-state index in [1.54, 1.807) is 0 Å². The summed E-state index contributed by atoms with van der Waals surface area (Å²) in [5, 5.41) is 0. The van der Waals surface area contributed by atoms with Gasteiger partial charge in [-0.15, -0.1) is 11.6 Å². The van der Waals surface area contributed by atoms with Gasteiger partial charge in [-0.3, -0.25) is 4.31 Å². The second-order valence-electron chi connectivity index (χ2n) is 3.86. The van der Waals surface area contributed by atoms with Gasteiger partial charge in [0.15, 0.2) is 0 Å². The van der Waals surface area contributed by atoms with Crippen LogP contribution in [0.3, 0.4) is 0 Å². The summed E-state index contributed by atoms with van der Waals surface area (Å²) in [5.74, 6) is 0.461. The first-order valence-corrected chi connectivity index (χ1v) is 7.78. The molecule has 0 aliphatic carbocycles. The van der Waals surface area contributed by atoms with Gasteiger partial charge in [0.05, 0.1) is 11.4 Å². The third kappa shape index (κ3) is 3.89. The van der Waals surface area contributed by atoms with Crippen molar-refractivity contribution in [3.63, 3.8) is 0 Å². The van der Waals surface area contributed by atoms with Crippen LogP contribution in [0.15, 0.2) is 24.3 Å². The molecule has 0 fully saturated rings. The average molecular weight is 276 g/mol. The van der Waals surface area contributed by atoms with E-state index in [1.807, 2.05) is 38.1 Å². The smallest absolute Gasteiger partial charge is 0.235 e. The van der Waals surface area contributed by atoms with E-state index in [2.05, 4.69) is 0 Å². The molecule has 1 aromatic carbocycles. The summed E-state index contributed by atoms with van der Waals surface area (Å²) in [4.78, 5) is 0. The predicted octanol–water partition coefficient (Wildman–Crippen LogP) is 2.78. The van der Waals surface area contributed by atoms with E-state index in [1.165, 1.54) is 4.31 Å². The van der Waals surface area contributed by atoms with Crippen molar-refractivity contribution < 1.29 is 8.42 Å². The van der Waals surface area contributed by atoms with Crippen LogP contribution in [0.1, 0.15) is 18.9 Å². The summed E-state index contributed by atoms with van der Waals surface area (Å²) in [7, 11) is -3.25. The van der Waals surface area contributed by atoms with Crippen LogP contribution in [0.5, 0.6) is 0 Å². The minimum absolute atomic E-state index is 0.0955. The third-order valence-corrected chi connectivity index (χ3v) is 4.69. The maximum atomic E-state index is 12.1. The minimum Gasteiger partial charge on any atom is -0.271 e. The quantitative estimate of drug-likeness (QED) is 0.749. The van der Waals surface area contributed by atoms with Crippen LogP contribution in [-0.4, -0.2) is 26.6 Å². The molecule has 0 aromatic heterocycles. The zero-order chi connectivity index (χ0) is 12.9. The molecule has 0 radical (unpaired) electrons. The van der Waals surface area contributed by atoms with Gasteiger partial charge in [-0.1, -0.05) is 17.7 Å².